The van der Waals surface area contributed by atoms with E-state index in [0.29, 0.717) is 18.1 Å². The Morgan fingerprint density at radius 3 is 2.19 bits per heavy atom. The second-order valence-electron chi connectivity index (χ2n) is 6.01. The predicted molar refractivity (Wildman–Crippen MR) is 102 cm³/mol. The lowest BCUT2D eigenvalue weighted by Gasteiger charge is -2.10. The van der Waals surface area contributed by atoms with E-state index in [1.807, 2.05) is 42.5 Å². The highest BCUT2D eigenvalue weighted by Crippen LogP contribution is 2.30. The van der Waals surface area contributed by atoms with Gasteiger partial charge >= 0.3 is 0 Å². The van der Waals surface area contributed by atoms with Crippen LogP contribution in [0.4, 0.5) is 5.69 Å². The van der Waals surface area contributed by atoms with Crippen molar-refractivity contribution in [2.75, 3.05) is 0 Å². The highest BCUT2D eigenvalue weighted by atomic mass is 16.6. The van der Waals surface area contributed by atoms with Crippen molar-refractivity contribution < 1.29 is 9.66 Å². The lowest BCUT2D eigenvalue weighted by atomic mass is 10.0. The maximum atomic E-state index is 10.8. The number of hydrogen-bond acceptors (Lipinski definition) is 5. The summed E-state index contributed by atoms with van der Waals surface area (Å²) in [5.74, 6) is 0.840. The molecule has 27 heavy (non-hydrogen) atoms. The van der Waals surface area contributed by atoms with Gasteiger partial charge in [-0.25, -0.2) is 0 Å². The van der Waals surface area contributed by atoms with Crippen LogP contribution in [0, 0.1) is 10.1 Å². The Labute approximate surface area is 155 Å². The van der Waals surface area contributed by atoms with Crippen LogP contribution in [0.25, 0.3) is 10.8 Å². The summed E-state index contributed by atoms with van der Waals surface area (Å²) in [7, 11) is 0. The third kappa shape index (κ3) is 3.59. The van der Waals surface area contributed by atoms with Crippen molar-refractivity contribution in [2.24, 2.45) is 0 Å². The van der Waals surface area contributed by atoms with Crippen LogP contribution in [-0.4, -0.2) is 15.1 Å². The smallest absolute Gasteiger partial charge is 0.269 e. The maximum Gasteiger partial charge on any atom is 0.269 e. The number of ether oxygens (including phenoxy) is 1. The molecule has 0 bridgehead atoms. The summed E-state index contributed by atoms with van der Waals surface area (Å²) >= 11 is 0. The Balaban J connectivity index is 1.68. The number of aromatic nitrogens is 2. The lowest BCUT2D eigenvalue weighted by molar-refractivity contribution is -0.384. The van der Waals surface area contributed by atoms with E-state index in [-0.39, 0.29) is 5.69 Å². The average molecular weight is 357 g/mol. The van der Waals surface area contributed by atoms with Crippen LogP contribution >= 0.6 is 0 Å². The molecule has 0 aliphatic heterocycles. The summed E-state index contributed by atoms with van der Waals surface area (Å²) in [6, 6.07) is 23.8. The minimum absolute atomic E-state index is 0.0106. The van der Waals surface area contributed by atoms with E-state index < -0.39 is 4.92 Å². The number of nitro groups is 1. The summed E-state index contributed by atoms with van der Waals surface area (Å²) in [5.41, 5.74) is 2.03. The Morgan fingerprint density at radius 2 is 1.48 bits per heavy atom. The summed E-state index contributed by atoms with van der Waals surface area (Å²) in [6.45, 7) is 0. The van der Waals surface area contributed by atoms with Crippen LogP contribution in [0.2, 0.25) is 0 Å². The summed E-state index contributed by atoms with van der Waals surface area (Å²) in [4.78, 5) is 10.3. The molecule has 0 aliphatic carbocycles. The number of hydrogen-bond donors (Lipinski definition) is 0. The van der Waals surface area contributed by atoms with E-state index in [4.69, 9.17) is 4.74 Å². The van der Waals surface area contributed by atoms with Gasteiger partial charge in [-0.15, -0.1) is 5.10 Å². The van der Waals surface area contributed by atoms with Gasteiger partial charge < -0.3 is 4.74 Å². The molecule has 132 valence electrons. The number of non-ortho nitro benzene ring substituents is 1. The summed E-state index contributed by atoms with van der Waals surface area (Å²) < 4.78 is 5.84. The number of nitro benzene ring substituents is 1. The lowest BCUT2D eigenvalue weighted by Crippen LogP contribution is -1.99. The molecule has 6 nitrogen and oxygen atoms in total. The first-order chi connectivity index (χ1) is 13.2. The van der Waals surface area contributed by atoms with Gasteiger partial charge in [-0.2, -0.15) is 5.10 Å². The zero-order chi connectivity index (χ0) is 18.6. The van der Waals surface area contributed by atoms with Gasteiger partial charge in [0.1, 0.15) is 5.75 Å². The van der Waals surface area contributed by atoms with Gasteiger partial charge in [-0.1, -0.05) is 48.5 Å². The molecule has 0 aliphatic rings. The van der Waals surface area contributed by atoms with E-state index in [1.165, 1.54) is 12.1 Å². The van der Waals surface area contributed by atoms with Gasteiger partial charge in [0.05, 0.1) is 10.6 Å². The largest absolute Gasteiger partial charge is 0.437 e. The maximum absolute atomic E-state index is 10.8. The molecular weight excluding hydrogens is 342 g/mol. The van der Waals surface area contributed by atoms with Gasteiger partial charge in [-0.05, 0) is 23.8 Å². The molecular formula is C21H15N3O3. The van der Waals surface area contributed by atoms with Crippen LogP contribution < -0.4 is 4.74 Å². The molecule has 4 aromatic rings. The Kier molecular flexibility index (Phi) is 4.45. The molecule has 4 rings (SSSR count). The van der Waals surface area contributed by atoms with Crippen LogP contribution in [0.5, 0.6) is 11.6 Å². The van der Waals surface area contributed by atoms with Gasteiger partial charge in [-0.3, -0.25) is 10.1 Å². The normalized spacial score (nSPS) is 10.7. The van der Waals surface area contributed by atoms with Crippen molar-refractivity contribution >= 4 is 16.5 Å². The fourth-order valence-electron chi connectivity index (χ4n) is 2.88. The molecule has 0 amide bonds. The zero-order valence-corrected chi connectivity index (χ0v) is 14.3. The van der Waals surface area contributed by atoms with Crippen LogP contribution in [0.3, 0.4) is 0 Å². The molecule has 0 radical (unpaired) electrons. The SMILES string of the molecule is O=[N+]([O-])c1ccc(Oc2nnc(Cc3ccccc3)c3ccccc23)cc1. The predicted octanol–water partition coefficient (Wildman–Crippen LogP) is 4.92. The van der Waals surface area contributed by atoms with Gasteiger partial charge in [0.2, 0.25) is 5.88 Å². The van der Waals surface area contributed by atoms with Crippen LogP contribution in [-0.2, 0) is 6.42 Å². The molecule has 0 N–H and O–H groups in total. The molecule has 3 aromatic carbocycles. The molecule has 1 heterocycles. The quantitative estimate of drug-likeness (QED) is 0.374. The standard InChI is InChI=1S/C21H15N3O3/c25-24(26)16-10-12-17(13-11-16)27-21-19-9-5-4-8-18(19)20(22-23-21)14-15-6-2-1-3-7-15/h1-13H,14H2. The Bertz CT molecular complexity index is 1100. The fraction of sp³-hybridized carbons (Fsp3) is 0.0476. The molecule has 0 saturated carbocycles. The highest BCUT2D eigenvalue weighted by molar-refractivity contribution is 5.88. The van der Waals surface area contributed by atoms with Gasteiger partial charge in [0.25, 0.3) is 5.69 Å². The molecule has 0 spiro atoms. The molecule has 6 heteroatoms. The van der Waals surface area contributed by atoms with Gasteiger partial charge in [0.15, 0.2) is 0 Å². The van der Waals surface area contributed by atoms with Gasteiger partial charge in [0, 0.05) is 29.3 Å². The van der Waals surface area contributed by atoms with Crippen LogP contribution in [0.1, 0.15) is 11.3 Å². The first-order valence-corrected chi connectivity index (χ1v) is 8.41. The van der Waals surface area contributed by atoms with E-state index in [2.05, 4.69) is 22.3 Å². The average Bonchev–Trinajstić information content (AvgIpc) is 2.71. The first-order valence-electron chi connectivity index (χ1n) is 8.41. The second kappa shape index (κ2) is 7.21. The second-order valence-corrected chi connectivity index (χ2v) is 6.01. The van der Waals surface area contributed by atoms with Crippen LogP contribution in [0.15, 0.2) is 78.9 Å². The molecule has 0 fully saturated rings. The monoisotopic (exact) mass is 357 g/mol. The molecule has 0 unspecified atom stereocenters. The number of fused-ring (bicyclic) bond motifs is 1. The third-order valence-corrected chi connectivity index (χ3v) is 4.21. The first kappa shape index (κ1) is 16.7. The summed E-state index contributed by atoms with van der Waals surface area (Å²) in [6.07, 6.45) is 0.673. The van der Waals surface area contributed by atoms with E-state index >= 15 is 0 Å². The zero-order valence-electron chi connectivity index (χ0n) is 14.3. The third-order valence-electron chi connectivity index (χ3n) is 4.21. The minimum atomic E-state index is -0.447. The van der Waals surface area contributed by atoms with E-state index in [0.717, 1.165) is 22.0 Å². The van der Waals surface area contributed by atoms with E-state index in [9.17, 15) is 10.1 Å². The van der Waals surface area contributed by atoms with Crippen molar-refractivity contribution in [3.8, 4) is 11.6 Å². The topological polar surface area (TPSA) is 78.2 Å². The summed E-state index contributed by atoms with van der Waals surface area (Å²) in [5, 5.41) is 21.2. The molecule has 1 aromatic heterocycles. The molecule has 0 atom stereocenters. The van der Waals surface area contributed by atoms with Crippen molar-refractivity contribution in [1.29, 1.82) is 0 Å². The van der Waals surface area contributed by atoms with Crippen molar-refractivity contribution in [3.63, 3.8) is 0 Å². The fourth-order valence-corrected chi connectivity index (χ4v) is 2.88. The van der Waals surface area contributed by atoms with Crippen molar-refractivity contribution in [1.82, 2.24) is 10.2 Å². The van der Waals surface area contributed by atoms with Crippen molar-refractivity contribution in [2.45, 2.75) is 6.42 Å². The number of rotatable bonds is 5. The molecule has 0 saturated heterocycles. The van der Waals surface area contributed by atoms with Crippen molar-refractivity contribution in [3.05, 3.63) is 100 Å². The Hall–Kier alpha value is -3.80. The number of benzene rings is 3. The highest BCUT2D eigenvalue weighted by Gasteiger charge is 2.12. The number of nitrogens with zero attached hydrogens (tertiary/aromatic N) is 3. The van der Waals surface area contributed by atoms with E-state index in [1.54, 1.807) is 12.1 Å². The minimum Gasteiger partial charge on any atom is -0.437 e. The Morgan fingerprint density at radius 1 is 0.815 bits per heavy atom.